The van der Waals surface area contributed by atoms with Crippen LogP contribution in [0.1, 0.15) is 32.4 Å². The fourth-order valence-electron chi connectivity index (χ4n) is 2.39. The van der Waals surface area contributed by atoms with Crippen molar-refractivity contribution in [2.45, 2.75) is 33.0 Å². The number of rotatable bonds is 1. The highest BCUT2D eigenvalue weighted by Crippen LogP contribution is 2.31. The molecule has 0 aliphatic carbocycles. The Morgan fingerprint density at radius 2 is 1.76 bits per heavy atom. The van der Waals surface area contributed by atoms with E-state index in [1.165, 1.54) is 0 Å². The topological polar surface area (TPSA) is 32.3 Å². The molecule has 1 heterocycles. The third kappa shape index (κ3) is 2.20. The first-order valence-corrected chi connectivity index (χ1v) is 5.99. The molecule has 0 saturated carbocycles. The Hall–Kier alpha value is -1.35. The van der Waals surface area contributed by atoms with Crippen molar-refractivity contribution in [3.8, 4) is 0 Å². The van der Waals surface area contributed by atoms with Gasteiger partial charge in [0, 0.05) is 7.05 Å². The Morgan fingerprint density at radius 3 is 2.24 bits per heavy atom. The quantitative estimate of drug-likeness (QED) is 0.804. The lowest BCUT2D eigenvalue weighted by atomic mass is 9.92. The van der Waals surface area contributed by atoms with Crippen molar-refractivity contribution in [3.05, 3.63) is 35.9 Å². The largest absolute Gasteiger partial charge is 0.328 e. The molecule has 1 saturated heterocycles. The molecule has 0 bridgehead atoms. The second-order valence-electron chi connectivity index (χ2n) is 5.73. The lowest BCUT2D eigenvalue weighted by Crippen LogP contribution is -2.44. The fourth-order valence-corrected chi connectivity index (χ4v) is 2.39. The summed E-state index contributed by atoms with van der Waals surface area (Å²) in [6.07, 6.45) is 0.0835. The average molecular weight is 232 g/mol. The van der Waals surface area contributed by atoms with Crippen LogP contribution in [0.4, 0.5) is 0 Å². The molecule has 1 N–H and O–H groups in total. The van der Waals surface area contributed by atoms with Crippen LogP contribution in [0, 0.1) is 5.41 Å². The van der Waals surface area contributed by atoms with E-state index in [2.05, 4.69) is 26.1 Å². The van der Waals surface area contributed by atoms with Gasteiger partial charge in [0.1, 0.15) is 6.04 Å². The van der Waals surface area contributed by atoms with E-state index in [0.717, 1.165) is 5.56 Å². The van der Waals surface area contributed by atoms with Crippen molar-refractivity contribution in [2.24, 2.45) is 5.41 Å². The fraction of sp³-hybridized carbons (Fsp3) is 0.500. The molecule has 0 radical (unpaired) electrons. The minimum Gasteiger partial charge on any atom is -0.328 e. The summed E-state index contributed by atoms with van der Waals surface area (Å²) < 4.78 is 0. The predicted octanol–water partition coefficient (Wildman–Crippen LogP) is 2.16. The number of hydrogen-bond donors (Lipinski definition) is 1. The molecule has 2 rings (SSSR count). The van der Waals surface area contributed by atoms with Gasteiger partial charge in [-0.05, 0) is 11.0 Å². The highest BCUT2D eigenvalue weighted by molar-refractivity contribution is 5.85. The summed E-state index contributed by atoms with van der Waals surface area (Å²) in [4.78, 5) is 14.0. The Kier molecular flexibility index (Phi) is 2.96. The van der Waals surface area contributed by atoms with Gasteiger partial charge < -0.3 is 4.90 Å². The number of amides is 1. The van der Waals surface area contributed by atoms with Crippen LogP contribution in [0.15, 0.2) is 30.3 Å². The van der Waals surface area contributed by atoms with Crippen LogP contribution in [-0.2, 0) is 4.79 Å². The maximum Gasteiger partial charge on any atom is 0.245 e. The molecule has 0 unspecified atom stereocenters. The standard InChI is InChI=1S/C14H20N2O/c1-14(2,3)13-15-11(12(17)16(13)4)10-8-6-5-7-9-10/h5-9,11,13,15H,1-4H3/t11-,13-/m0/s1. The Bertz CT molecular complexity index is 408. The van der Waals surface area contributed by atoms with Crippen molar-refractivity contribution in [3.63, 3.8) is 0 Å². The molecule has 1 aromatic carbocycles. The van der Waals surface area contributed by atoms with Gasteiger partial charge >= 0.3 is 0 Å². The van der Waals surface area contributed by atoms with Crippen molar-refractivity contribution in [1.29, 1.82) is 0 Å². The number of benzene rings is 1. The normalized spacial score (nSPS) is 25.4. The third-order valence-corrected chi connectivity index (χ3v) is 3.26. The molecule has 17 heavy (non-hydrogen) atoms. The Labute approximate surface area is 103 Å². The third-order valence-electron chi connectivity index (χ3n) is 3.26. The average Bonchev–Trinajstić information content (AvgIpc) is 2.57. The van der Waals surface area contributed by atoms with E-state index in [1.54, 1.807) is 0 Å². The van der Waals surface area contributed by atoms with E-state index in [0.29, 0.717) is 0 Å². The lowest BCUT2D eigenvalue weighted by Gasteiger charge is -2.32. The summed E-state index contributed by atoms with van der Waals surface area (Å²) in [5.41, 5.74) is 1.07. The molecule has 0 spiro atoms. The maximum atomic E-state index is 12.2. The van der Waals surface area contributed by atoms with E-state index in [-0.39, 0.29) is 23.5 Å². The molecule has 1 aliphatic rings. The van der Waals surface area contributed by atoms with Gasteiger partial charge in [0.15, 0.2) is 0 Å². The van der Waals surface area contributed by atoms with Gasteiger partial charge in [0.2, 0.25) is 5.91 Å². The summed E-state index contributed by atoms with van der Waals surface area (Å²) in [6, 6.07) is 9.69. The van der Waals surface area contributed by atoms with Gasteiger partial charge in [-0.25, -0.2) is 0 Å². The molecule has 0 aromatic heterocycles. The predicted molar refractivity (Wildman–Crippen MR) is 68.3 cm³/mol. The van der Waals surface area contributed by atoms with Crippen molar-refractivity contribution in [1.82, 2.24) is 10.2 Å². The first kappa shape index (κ1) is 12.1. The van der Waals surface area contributed by atoms with E-state index in [4.69, 9.17) is 0 Å². The molecular weight excluding hydrogens is 212 g/mol. The van der Waals surface area contributed by atoms with Gasteiger partial charge in [0.25, 0.3) is 0 Å². The Morgan fingerprint density at radius 1 is 1.18 bits per heavy atom. The minimum absolute atomic E-state index is 0.0357. The molecule has 1 aromatic rings. The van der Waals surface area contributed by atoms with Gasteiger partial charge in [-0.2, -0.15) is 0 Å². The SMILES string of the molecule is CN1C(=O)[C@H](c2ccccc2)N[C@@H]1C(C)(C)C. The van der Waals surface area contributed by atoms with Crippen LogP contribution in [0.5, 0.6) is 0 Å². The van der Waals surface area contributed by atoms with Crippen LogP contribution in [0.3, 0.4) is 0 Å². The van der Waals surface area contributed by atoms with E-state index >= 15 is 0 Å². The molecular formula is C14H20N2O. The lowest BCUT2D eigenvalue weighted by molar-refractivity contribution is -0.129. The highest BCUT2D eigenvalue weighted by Gasteiger charge is 2.42. The van der Waals surface area contributed by atoms with Crippen molar-refractivity contribution in [2.75, 3.05) is 7.05 Å². The molecule has 3 heteroatoms. The number of carbonyl (C=O) groups is 1. The number of hydrogen-bond acceptors (Lipinski definition) is 2. The van der Waals surface area contributed by atoms with Crippen LogP contribution < -0.4 is 5.32 Å². The van der Waals surface area contributed by atoms with Gasteiger partial charge in [-0.3, -0.25) is 10.1 Å². The zero-order chi connectivity index (χ0) is 12.6. The van der Waals surface area contributed by atoms with Gasteiger partial charge in [-0.15, -0.1) is 0 Å². The number of nitrogens with one attached hydrogen (secondary N) is 1. The number of likely N-dealkylation sites (N-methyl/N-ethyl adjacent to an activating group) is 1. The minimum atomic E-state index is -0.203. The first-order chi connectivity index (χ1) is 7.91. The summed E-state index contributed by atoms with van der Waals surface area (Å²) >= 11 is 0. The summed E-state index contributed by atoms with van der Waals surface area (Å²) in [5.74, 6) is 0.149. The molecule has 2 atom stereocenters. The van der Waals surface area contributed by atoms with Crippen molar-refractivity contribution < 1.29 is 4.79 Å². The molecule has 92 valence electrons. The molecule has 1 fully saturated rings. The zero-order valence-electron chi connectivity index (χ0n) is 10.9. The molecule has 1 aliphatic heterocycles. The second kappa shape index (κ2) is 4.15. The van der Waals surface area contributed by atoms with Crippen molar-refractivity contribution >= 4 is 5.91 Å². The van der Waals surface area contributed by atoms with Gasteiger partial charge in [0.05, 0.1) is 6.17 Å². The highest BCUT2D eigenvalue weighted by atomic mass is 16.2. The van der Waals surface area contributed by atoms with E-state index < -0.39 is 0 Å². The summed E-state index contributed by atoms with van der Waals surface area (Å²) in [7, 11) is 1.87. The van der Waals surface area contributed by atoms with Crippen LogP contribution in [0.2, 0.25) is 0 Å². The monoisotopic (exact) mass is 232 g/mol. The zero-order valence-corrected chi connectivity index (χ0v) is 10.9. The van der Waals surface area contributed by atoms with Crippen LogP contribution in [0.25, 0.3) is 0 Å². The smallest absolute Gasteiger partial charge is 0.245 e. The van der Waals surface area contributed by atoms with E-state index in [1.807, 2.05) is 42.3 Å². The van der Waals surface area contributed by atoms with Crippen LogP contribution >= 0.6 is 0 Å². The first-order valence-electron chi connectivity index (χ1n) is 5.99. The number of nitrogens with zero attached hydrogens (tertiary/aromatic N) is 1. The summed E-state index contributed by atoms with van der Waals surface area (Å²) in [5, 5.41) is 3.42. The van der Waals surface area contributed by atoms with E-state index in [9.17, 15) is 4.79 Å². The van der Waals surface area contributed by atoms with Gasteiger partial charge in [-0.1, -0.05) is 51.1 Å². The molecule has 1 amide bonds. The number of carbonyl (C=O) groups excluding carboxylic acids is 1. The van der Waals surface area contributed by atoms with Crippen LogP contribution in [-0.4, -0.2) is 24.0 Å². The summed E-state index contributed by atoms with van der Waals surface area (Å²) in [6.45, 7) is 6.42. The maximum absolute atomic E-state index is 12.2. The molecule has 3 nitrogen and oxygen atoms in total. The Balaban J connectivity index is 2.26. The second-order valence-corrected chi connectivity index (χ2v) is 5.73.